The van der Waals surface area contributed by atoms with Crippen molar-refractivity contribution in [3.8, 4) is 0 Å². The van der Waals surface area contributed by atoms with E-state index in [1.165, 1.54) is 0 Å². The molecule has 0 aliphatic carbocycles. The molecule has 0 bridgehead atoms. The third-order valence-electron chi connectivity index (χ3n) is 5.15. The van der Waals surface area contributed by atoms with Crippen molar-refractivity contribution >= 4 is 0 Å². The summed E-state index contributed by atoms with van der Waals surface area (Å²) in [5.41, 5.74) is 2.03. The third-order valence-corrected chi connectivity index (χ3v) is 5.15. The van der Waals surface area contributed by atoms with Crippen molar-refractivity contribution < 1.29 is 9.52 Å². The van der Waals surface area contributed by atoms with Crippen molar-refractivity contribution in [2.45, 2.75) is 44.4 Å². The molecule has 4 rings (SSSR count). The molecule has 2 atom stereocenters. The number of aryl methyl sites for hydroxylation is 1. The summed E-state index contributed by atoms with van der Waals surface area (Å²) in [6, 6.07) is 10.4. The molecule has 1 aromatic carbocycles. The summed E-state index contributed by atoms with van der Waals surface area (Å²) in [7, 11) is 1.86. The number of hydrogen-bond acceptors (Lipinski definition) is 6. The Kier molecular flexibility index (Phi) is 5.31. The van der Waals surface area contributed by atoms with Crippen LogP contribution in [0, 0.1) is 0 Å². The van der Waals surface area contributed by atoms with Gasteiger partial charge in [-0.15, -0.1) is 10.2 Å². The van der Waals surface area contributed by atoms with E-state index in [9.17, 15) is 5.11 Å². The van der Waals surface area contributed by atoms with Crippen molar-refractivity contribution in [1.82, 2.24) is 24.9 Å². The lowest BCUT2D eigenvalue weighted by Crippen LogP contribution is -2.30. The molecule has 0 radical (unpaired) electrons. The molecule has 7 heteroatoms. The van der Waals surface area contributed by atoms with Gasteiger partial charge in [0, 0.05) is 24.8 Å². The Morgan fingerprint density at radius 1 is 1.22 bits per heavy atom. The summed E-state index contributed by atoms with van der Waals surface area (Å²) in [5.74, 6) is 1.28. The minimum Gasteiger partial charge on any atom is -0.424 e. The SMILES string of the molecule is Cn1cc([C@H](O)C[C@@H]2CCCN2Cc2nnc(Cc3ccccc3)o2)cn1. The van der Waals surface area contributed by atoms with E-state index in [1.54, 1.807) is 10.9 Å². The van der Waals surface area contributed by atoms with Gasteiger partial charge < -0.3 is 9.52 Å². The third kappa shape index (κ3) is 4.43. The maximum Gasteiger partial charge on any atom is 0.230 e. The van der Waals surface area contributed by atoms with E-state index >= 15 is 0 Å². The first kappa shape index (κ1) is 17.9. The zero-order valence-electron chi connectivity index (χ0n) is 15.5. The second kappa shape index (κ2) is 8.02. The molecule has 1 fully saturated rings. The van der Waals surface area contributed by atoms with E-state index in [1.807, 2.05) is 31.4 Å². The van der Waals surface area contributed by atoms with Gasteiger partial charge in [-0.1, -0.05) is 30.3 Å². The fourth-order valence-corrected chi connectivity index (χ4v) is 3.74. The van der Waals surface area contributed by atoms with Gasteiger partial charge in [-0.25, -0.2) is 0 Å². The van der Waals surface area contributed by atoms with Crippen molar-refractivity contribution in [2.75, 3.05) is 6.54 Å². The van der Waals surface area contributed by atoms with Crippen LogP contribution < -0.4 is 0 Å². The number of aliphatic hydroxyl groups is 1. The molecule has 3 aromatic rings. The highest BCUT2D eigenvalue weighted by molar-refractivity contribution is 5.17. The van der Waals surface area contributed by atoms with Crippen LogP contribution in [0.1, 0.15) is 48.3 Å². The Hall–Kier alpha value is -2.51. The molecule has 1 saturated heterocycles. The van der Waals surface area contributed by atoms with Crippen molar-refractivity contribution in [3.05, 3.63) is 65.6 Å². The van der Waals surface area contributed by atoms with Gasteiger partial charge in [0.15, 0.2) is 0 Å². The van der Waals surface area contributed by atoms with Gasteiger partial charge in [-0.2, -0.15) is 5.10 Å². The molecule has 142 valence electrons. The van der Waals surface area contributed by atoms with Crippen LogP contribution in [-0.2, 0) is 20.0 Å². The number of hydrogen-bond donors (Lipinski definition) is 1. The van der Waals surface area contributed by atoms with Gasteiger partial charge in [-0.05, 0) is 31.4 Å². The molecule has 3 heterocycles. The molecule has 0 spiro atoms. The molecule has 0 amide bonds. The monoisotopic (exact) mass is 367 g/mol. The maximum atomic E-state index is 10.5. The number of rotatable bonds is 7. The van der Waals surface area contributed by atoms with E-state index in [4.69, 9.17) is 4.42 Å². The minimum absolute atomic E-state index is 0.310. The largest absolute Gasteiger partial charge is 0.424 e. The Morgan fingerprint density at radius 2 is 2.04 bits per heavy atom. The molecule has 2 aromatic heterocycles. The summed E-state index contributed by atoms with van der Waals surface area (Å²) in [4.78, 5) is 2.33. The van der Waals surface area contributed by atoms with Crippen LogP contribution >= 0.6 is 0 Å². The quantitative estimate of drug-likeness (QED) is 0.691. The summed E-state index contributed by atoms with van der Waals surface area (Å²) in [6.45, 7) is 1.62. The summed E-state index contributed by atoms with van der Waals surface area (Å²) in [6.07, 6.45) is 6.64. The maximum absolute atomic E-state index is 10.5. The summed E-state index contributed by atoms with van der Waals surface area (Å²) >= 11 is 0. The average Bonchev–Trinajstić information content (AvgIpc) is 3.39. The lowest BCUT2D eigenvalue weighted by atomic mass is 10.0. The van der Waals surface area contributed by atoms with Gasteiger partial charge in [0.2, 0.25) is 11.8 Å². The number of benzene rings is 1. The summed E-state index contributed by atoms with van der Waals surface area (Å²) in [5, 5.41) is 23.1. The van der Waals surface area contributed by atoms with Gasteiger partial charge in [0.1, 0.15) is 0 Å². The summed E-state index contributed by atoms with van der Waals surface area (Å²) < 4.78 is 7.57. The lowest BCUT2D eigenvalue weighted by molar-refractivity contribution is 0.113. The van der Waals surface area contributed by atoms with Crippen molar-refractivity contribution in [2.24, 2.45) is 7.05 Å². The van der Waals surface area contributed by atoms with Crippen molar-refractivity contribution in [1.29, 1.82) is 0 Å². The molecule has 27 heavy (non-hydrogen) atoms. The molecule has 0 saturated carbocycles. The molecular formula is C20H25N5O2. The lowest BCUT2D eigenvalue weighted by Gasteiger charge is -2.24. The predicted molar refractivity (Wildman–Crippen MR) is 99.8 cm³/mol. The Morgan fingerprint density at radius 3 is 2.81 bits per heavy atom. The number of likely N-dealkylation sites (tertiary alicyclic amines) is 1. The van der Waals surface area contributed by atoms with Crippen LogP contribution in [0.3, 0.4) is 0 Å². The molecule has 1 aliphatic heterocycles. The Labute approximate surface area is 158 Å². The highest BCUT2D eigenvalue weighted by Crippen LogP contribution is 2.28. The molecule has 0 unspecified atom stereocenters. The number of aromatic nitrogens is 4. The fourth-order valence-electron chi connectivity index (χ4n) is 3.74. The first-order valence-corrected chi connectivity index (χ1v) is 9.43. The van der Waals surface area contributed by atoms with Crippen LogP contribution in [0.2, 0.25) is 0 Å². The number of aliphatic hydroxyl groups excluding tert-OH is 1. The first-order valence-electron chi connectivity index (χ1n) is 9.43. The smallest absolute Gasteiger partial charge is 0.230 e. The van der Waals surface area contributed by atoms with Crippen LogP contribution in [0.4, 0.5) is 0 Å². The van der Waals surface area contributed by atoms with E-state index in [0.717, 1.165) is 30.5 Å². The zero-order valence-corrected chi connectivity index (χ0v) is 15.5. The Balaban J connectivity index is 1.35. The van der Waals surface area contributed by atoms with Crippen LogP contribution in [0.25, 0.3) is 0 Å². The molecule has 1 aliphatic rings. The predicted octanol–water partition coefficient (Wildman–Crippen LogP) is 2.48. The zero-order chi connectivity index (χ0) is 18.6. The van der Waals surface area contributed by atoms with Crippen LogP contribution in [0.15, 0.2) is 47.1 Å². The van der Waals surface area contributed by atoms with Gasteiger partial charge in [-0.3, -0.25) is 9.58 Å². The average molecular weight is 367 g/mol. The van der Waals surface area contributed by atoms with Gasteiger partial charge in [0.05, 0.1) is 25.3 Å². The molecular weight excluding hydrogens is 342 g/mol. The highest BCUT2D eigenvalue weighted by Gasteiger charge is 2.28. The molecule has 7 nitrogen and oxygen atoms in total. The van der Waals surface area contributed by atoms with Gasteiger partial charge in [0.25, 0.3) is 0 Å². The van der Waals surface area contributed by atoms with E-state index in [2.05, 4.69) is 32.3 Å². The van der Waals surface area contributed by atoms with Crippen LogP contribution in [0.5, 0.6) is 0 Å². The second-order valence-corrected chi connectivity index (χ2v) is 7.22. The number of nitrogens with zero attached hydrogens (tertiary/aromatic N) is 5. The van der Waals surface area contributed by atoms with Crippen LogP contribution in [-0.4, -0.2) is 42.6 Å². The topological polar surface area (TPSA) is 80.2 Å². The van der Waals surface area contributed by atoms with E-state index < -0.39 is 6.10 Å². The van der Waals surface area contributed by atoms with E-state index in [0.29, 0.717) is 37.2 Å². The highest BCUT2D eigenvalue weighted by atomic mass is 16.4. The molecule has 1 N–H and O–H groups in total. The van der Waals surface area contributed by atoms with Gasteiger partial charge >= 0.3 is 0 Å². The fraction of sp³-hybridized carbons (Fsp3) is 0.450. The normalized spacial score (nSPS) is 18.8. The standard InChI is InChI=1S/C20H25N5O2/c1-24-13-16(12-21-24)18(26)11-17-8-5-9-25(17)14-20-23-22-19(27-20)10-15-6-3-2-4-7-15/h2-4,6-7,12-13,17-18,26H,5,8-11,14H2,1H3/t17-,18+/m0/s1. The minimum atomic E-state index is -0.499. The first-order chi connectivity index (χ1) is 13.2. The van der Waals surface area contributed by atoms with Crippen molar-refractivity contribution in [3.63, 3.8) is 0 Å². The van der Waals surface area contributed by atoms with E-state index in [-0.39, 0.29) is 0 Å². The Bertz CT molecular complexity index is 860. The second-order valence-electron chi connectivity index (χ2n) is 7.22.